The minimum absolute atomic E-state index is 0.170. The second-order valence-electron chi connectivity index (χ2n) is 6.36. The van der Waals surface area contributed by atoms with Crippen molar-refractivity contribution in [1.82, 2.24) is 5.43 Å². The van der Waals surface area contributed by atoms with Crippen molar-refractivity contribution < 1.29 is 23.8 Å². The van der Waals surface area contributed by atoms with Gasteiger partial charge in [0, 0.05) is 10.6 Å². The van der Waals surface area contributed by atoms with Crippen molar-refractivity contribution in [2.45, 2.75) is 0 Å². The summed E-state index contributed by atoms with van der Waals surface area (Å²) in [6.45, 7) is 0. The molecular weight excluding hydrogens is 455 g/mol. The smallest absolute Gasteiger partial charge is 0.345 e. The zero-order valence-corrected chi connectivity index (χ0v) is 18.6. The van der Waals surface area contributed by atoms with Crippen molar-refractivity contribution in [2.75, 3.05) is 14.2 Å². The number of nitrogens with one attached hydrogen (secondary N) is 1. The van der Waals surface area contributed by atoms with E-state index in [0.717, 1.165) is 0 Å². The van der Waals surface area contributed by atoms with Gasteiger partial charge in [-0.3, -0.25) is 4.79 Å². The van der Waals surface area contributed by atoms with E-state index in [-0.39, 0.29) is 16.3 Å². The van der Waals surface area contributed by atoms with Gasteiger partial charge in [-0.25, -0.2) is 10.2 Å². The number of amides is 1. The van der Waals surface area contributed by atoms with Gasteiger partial charge in [-0.05, 0) is 60.2 Å². The Labute approximate surface area is 194 Å². The van der Waals surface area contributed by atoms with Crippen LogP contribution in [0, 0.1) is 0 Å². The Morgan fingerprint density at radius 3 is 2.47 bits per heavy atom. The van der Waals surface area contributed by atoms with Gasteiger partial charge in [0.25, 0.3) is 5.91 Å². The van der Waals surface area contributed by atoms with Crippen LogP contribution in [0.15, 0.2) is 65.8 Å². The first-order valence-corrected chi connectivity index (χ1v) is 9.99. The van der Waals surface area contributed by atoms with Crippen molar-refractivity contribution in [3.05, 3.63) is 87.4 Å². The molecule has 0 heterocycles. The van der Waals surface area contributed by atoms with Gasteiger partial charge in [0.2, 0.25) is 0 Å². The molecule has 0 radical (unpaired) electrons. The second kappa shape index (κ2) is 10.7. The maximum atomic E-state index is 12.4. The lowest BCUT2D eigenvalue weighted by atomic mass is 10.2. The number of benzene rings is 3. The summed E-state index contributed by atoms with van der Waals surface area (Å²) in [4.78, 5) is 24.6. The highest BCUT2D eigenvalue weighted by Gasteiger charge is 2.16. The van der Waals surface area contributed by atoms with Crippen LogP contribution in [-0.2, 0) is 0 Å². The number of ether oxygens (including phenoxy) is 3. The standard InChI is InChI=1S/C23H18Cl2N2O5/c1-30-17-5-3-4-15(11-17)22(28)27-26-13-14-6-9-20(21(10-14)31-2)32-23(29)18-8-7-16(24)12-19(18)25/h3-13H,1-2H3,(H,27,28)/b26-13-. The minimum Gasteiger partial charge on any atom is -0.497 e. The molecule has 0 aliphatic carbocycles. The summed E-state index contributed by atoms with van der Waals surface area (Å²) in [6, 6.07) is 16.0. The first kappa shape index (κ1) is 23.1. The van der Waals surface area contributed by atoms with Crippen molar-refractivity contribution in [3.8, 4) is 17.2 Å². The van der Waals surface area contributed by atoms with Crippen LogP contribution in [0.25, 0.3) is 0 Å². The highest BCUT2D eigenvalue weighted by molar-refractivity contribution is 6.36. The summed E-state index contributed by atoms with van der Waals surface area (Å²) in [7, 11) is 2.96. The summed E-state index contributed by atoms with van der Waals surface area (Å²) >= 11 is 11.9. The van der Waals surface area contributed by atoms with Gasteiger partial charge < -0.3 is 14.2 Å². The average molecular weight is 473 g/mol. The topological polar surface area (TPSA) is 86.2 Å². The van der Waals surface area contributed by atoms with Gasteiger partial charge in [0.1, 0.15) is 5.75 Å². The van der Waals surface area contributed by atoms with Gasteiger partial charge >= 0.3 is 5.97 Å². The maximum Gasteiger partial charge on any atom is 0.345 e. The van der Waals surface area contributed by atoms with E-state index in [4.69, 9.17) is 37.4 Å². The molecule has 1 N–H and O–H groups in total. The van der Waals surface area contributed by atoms with Gasteiger partial charge in [0.05, 0.1) is 31.0 Å². The Hall–Kier alpha value is -3.55. The Morgan fingerprint density at radius 2 is 1.75 bits per heavy atom. The third kappa shape index (κ3) is 5.78. The van der Waals surface area contributed by atoms with Crippen molar-refractivity contribution in [2.24, 2.45) is 5.10 Å². The molecule has 0 spiro atoms. The third-order valence-electron chi connectivity index (χ3n) is 4.25. The second-order valence-corrected chi connectivity index (χ2v) is 7.20. The summed E-state index contributed by atoms with van der Waals surface area (Å²) < 4.78 is 15.8. The zero-order chi connectivity index (χ0) is 23.1. The normalized spacial score (nSPS) is 10.6. The molecule has 3 rings (SSSR count). The van der Waals surface area contributed by atoms with Crippen molar-refractivity contribution >= 4 is 41.3 Å². The van der Waals surface area contributed by atoms with Gasteiger partial charge in [-0.1, -0.05) is 29.3 Å². The van der Waals surface area contributed by atoms with E-state index < -0.39 is 11.9 Å². The molecule has 0 aromatic heterocycles. The highest BCUT2D eigenvalue weighted by atomic mass is 35.5. The number of hydrazone groups is 1. The van der Waals surface area contributed by atoms with Crippen LogP contribution in [0.5, 0.6) is 17.2 Å². The Kier molecular flexibility index (Phi) is 7.70. The summed E-state index contributed by atoms with van der Waals surface area (Å²) in [5, 5.41) is 4.53. The molecule has 32 heavy (non-hydrogen) atoms. The number of hydrogen-bond acceptors (Lipinski definition) is 6. The lowest BCUT2D eigenvalue weighted by molar-refractivity contribution is 0.0729. The molecule has 0 saturated heterocycles. The Balaban J connectivity index is 1.69. The van der Waals surface area contributed by atoms with E-state index >= 15 is 0 Å². The summed E-state index contributed by atoms with van der Waals surface area (Å²) in [5.74, 6) is 0.0124. The monoisotopic (exact) mass is 472 g/mol. The number of carbonyl (C=O) groups is 2. The van der Waals surface area contributed by atoms with Crippen LogP contribution in [0.2, 0.25) is 10.0 Å². The first-order valence-electron chi connectivity index (χ1n) is 9.24. The van der Waals surface area contributed by atoms with Gasteiger partial charge in [-0.15, -0.1) is 0 Å². The van der Waals surface area contributed by atoms with Crippen molar-refractivity contribution in [1.29, 1.82) is 0 Å². The molecule has 0 saturated carbocycles. The molecule has 3 aromatic carbocycles. The minimum atomic E-state index is -0.656. The molecule has 164 valence electrons. The predicted octanol–water partition coefficient (Wildman–Crippen LogP) is 4.99. The first-order chi connectivity index (χ1) is 15.4. The Bertz CT molecular complexity index is 1180. The quantitative estimate of drug-likeness (QED) is 0.226. The molecule has 0 aliphatic heterocycles. The number of halogens is 2. The van der Waals surface area contributed by atoms with E-state index in [1.165, 1.54) is 32.6 Å². The van der Waals surface area contributed by atoms with Gasteiger partial charge in [-0.2, -0.15) is 5.10 Å². The fraction of sp³-hybridized carbons (Fsp3) is 0.0870. The molecule has 7 nitrogen and oxygen atoms in total. The number of nitrogens with zero attached hydrogens (tertiary/aromatic N) is 1. The van der Waals surface area contributed by atoms with E-state index in [1.807, 2.05) is 0 Å². The third-order valence-corrected chi connectivity index (χ3v) is 4.80. The highest BCUT2D eigenvalue weighted by Crippen LogP contribution is 2.30. The fourth-order valence-corrected chi connectivity index (χ4v) is 3.14. The number of carbonyl (C=O) groups excluding carboxylic acids is 2. The van der Waals surface area contributed by atoms with Crippen LogP contribution in [0.1, 0.15) is 26.3 Å². The molecule has 0 aliphatic rings. The van der Waals surface area contributed by atoms with E-state index in [9.17, 15) is 9.59 Å². The lowest BCUT2D eigenvalue weighted by Crippen LogP contribution is -2.17. The van der Waals surface area contributed by atoms with Crippen LogP contribution in [0.3, 0.4) is 0 Å². The maximum absolute atomic E-state index is 12.4. The number of hydrogen-bond donors (Lipinski definition) is 1. The Morgan fingerprint density at radius 1 is 0.938 bits per heavy atom. The zero-order valence-electron chi connectivity index (χ0n) is 17.1. The largest absolute Gasteiger partial charge is 0.497 e. The van der Waals surface area contributed by atoms with Crippen molar-refractivity contribution in [3.63, 3.8) is 0 Å². The predicted molar refractivity (Wildman–Crippen MR) is 122 cm³/mol. The molecule has 0 unspecified atom stereocenters. The number of methoxy groups -OCH3 is 2. The number of rotatable bonds is 7. The van der Waals surface area contributed by atoms with E-state index in [2.05, 4.69) is 10.5 Å². The molecule has 3 aromatic rings. The summed E-state index contributed by atoms with van der Waals surface area (Å²) in [6.07, 6.45) is 1.43. The number of esters is 1. The lowest BCUT2D eigenvalue weighted by Gasteiger charge is -2.10. The molecule has 0 bridgehead atoms. The molecular formula is C23H18Cl2N2O5. The van der Waals surface area contributed by atoms with E-state index in [1.54, 1.807) is 48.5 Å². The van der Waals surface area contributed by atoms with Crippen LogP contribution in [0.4, 0.5) is 0 Å². The molecule has 9 heteroatoms. The summed E-state index contributed by atoms with van der Waals surface area (Å²) in [5.41, 5.74) is 3.62. The van der Waals surface area contributed by atoms with E-state index in [0.29, 0.717) is 27.6 Å². The SMILES string of the molecule is COc1cccc(C(=O)N/N=C\c2ccc(OC(=O)c3ccc(Cl)cc3Cl)c(OC)c2)c1. The van der Waals surface area contributed by atoms with Crippen LogP contribution < -0.4 is 19.6 Å². The average Bonchev–Trinajstić information content (AvgIpc) is 2.79. The van der Waals surface area contributed by atoms with Crippen LogP contribution in [-0.4, -0.2) is 32.3 Å². The molecule has 0 fully saturated rings. The van der Waals surface area contributed by atoms with Crippen LogP contribution >= 0.6 is 23.2 Å². The fourth-order valence-electron chi connectivity index (χ4n) is 2.65. The molecule has 1 amide bonds. The van der Waals surface area contributed by atoms with Gasteiger partial charge in [0.15, 0.2) is 11.5 Å². The molecule has 0 atom stereocenters.